The van der Waals surface area contributed by atoms with Crippen molar-refractivity contribution >= 4 is 45.8 Å². The lowest BCUT2D eigenvalue weighted by Gasteiger charge is -2.11. The standard InChI is InChI=1S/C20H18N4O4S2/c1-3-27-19(26)16(18-22-11(2)9-29-18)15(25)10-30-20-24-23-17(28-20)13-8-21-14-7-5-4-6-12(13)14/h4-9,16,21H,3,10H2,1-2H3/t16-/m1/s1. The van der Waals surface area contributed by atoms with E-state index in [0.29, 0.717) is 10.9 Å². The van der Waals surface area contributed by atoms with Crippen molar-refractivity contribution in [3.63, 3.8) is 0 Å². The molecule has 0 fully saturated rings. The highest BCUT2D eigenvalue weighted by Crippen LogP contribution is 2.30. The Morgan fingerprint density at radius 1 is 1.30 bits per heavy atom. The van der Waals surface area contributed by atoms with Gasteiger partial charge in [-0.05, 0) is 19.9 Å². The van der Waals surface area contributed by atoms with E-state index in [2.05, 4.69) is 20.2 Å². The lowest BCUT2D eigenvalue weighted by molar-refractivity contribution is -0.147. The number of ketones is 1. The number of aryl methyl sites for hydroxylation is 1. The van der Waals surface area contributed by atoms with Gasteiger partial charge in [-0.25, -0.2) is 4.98 Å². The number of rotatable bonds is 8. The fourth-order valence-electron chi connectivity index (χ4n) is 2.94. The van der Waals surface area contributed by atoms with E-state index in [0.717, 1.165) is 33.9 Å². The third-order valence-corrected chi connectivity index (χ3v) is 6.16. The highest BCUT2D eigenvalue weighted by atomic mass is 32.2. The van der Waals surface area contributed by atoms with Gasteiger partial charge in [-0.3, -0.25) is 9.59 Å². The van der Waals surface area contributed by atoms with Crippen LogP contribution in [0.1, 0.15) is 23.5 Å². The molecule has 3 heterocycles. The summed E-state index contributed by atoms with van der Waals surface area (Å²) in [5, 5.41) is 11.6. The van der Waals surface area contributed by atoms with Gasteiger partial charge in [0, 0.05) is 28.2 Å². The fraction of sp³-hybridized carbons (Fsp3) is 0.250. The van der Waals surface area contributed by atoms with E-state index in [9.17, 15) is 9.59 Å². The molecule has 0 unspecified atom stereocenters. The fourth-order valence-corrected chi connectivity index (χ4v) is 4.52. The van der Waals surface area contributed by atoms with Crippen LogP contribution in [0, 0.1) is 6.92 Å². The van der Waals surface area contributed by atoms with Crippen molar-refractivity contribution in [3.8, 4) is 11.5 Å². The number of nitrogens with zero attached hydrogens (tertiary/aromatic N) is 3. The zero-order chi connectivity index (χ0) is 21.1. The number of carbonyl (C=O) groups is 2. The Bertz CT molecular complexity index is 1200. The maximum absolute atomic E-state index is 12.8. The third-order valence-electron chi connectivity index (χ3n) is 4.29. The van der Waals surface area contributed by atoms with Gasteiger partial charge in [-0.15, -0.1) is 21.5 Å². The molecule has 30 heavy (non-hydrogen) atoms. The quantitative estimate of drug-likeness (QED) is 0.248. The molecular weight excluding hydrogens is 424 g/mol. The van der Waals surface area contributed by atoms with Crippen LogP contribution in [0.25, 0.3) is 22.4 Å². The predicted octanol–water partition coefficient (Wildman–Crippen LogP) is 3.99. The Labute approximate surface area is 180 Å². The minimum atomic E-state index is -1.05. The van der Waals surface area contributed by atoms with Crippen LogP contribution < -0.4 is 0 Å². The van der Waals surface area contributed by atoms with E-state index in [1.54, 1.807) is 18.5 Å². The number of esters is 1. The highest BCUT2D eigenvalue weighted by molar-refractivity contribution is 7.99. The average Bonchev–Trinajstić information content (AvgIpc) is 3.46. The van der Waals surface area contributed by atoms with Gasteiger partial charge in [0.25, 0.3) is 11.1 Å². The zero-order valence-corrected chi connectivity index (χ0v) is 17.9. The van der Waals surface area contributed by atoms with Crippen LogP contribution in [0.3, 0.4) is 0 Å². The Morgan fingerprint density at radius 3 is 2.90 bits per heavy atom. The number of hydrogen-bond acceptors (Lipinski definition) is 9. The Hall–Kier alpha value is -2.98. The molecular formula is C20H18N4O4S2. The minimum Gasteiger partial charge on any atom is -0.465 e. The largest absolute Gasteiger partial charge is 0.465 e. The number of H-pyrrole nitrogens is 1. The Balaban J connectivity index is 1.48. The first-order valence-corrected chi connectivity index (χ1v) is 11.1. The maximum atomic E-state index is 12.8. The van der Waals surface area contributed by atoms with Crippen molar-refractivity contribution in [2.75, 3.05) is 12.4 Å². The molecule has 10 heteroatoms. The number of Topliss-reactive ketones (excluding diaryl/α,β-unsaturated/α-hetero) is 1. The average molecular weight is 443 g/mol. The van der Waals surface area contributed by atoms with Crippen molar-refractivity contribution in [1.82, 2.24) is 20.2 Å². The summed E-state index contributed by atoms with van der Waals surface area (Å²) in [5.74, 6) is -1.62. The summed E-state index contributed by atoms with van der Waals surface area (Å²) in [4.78, 5) is 32.6. The van der Waals surface area contributed by atoms with Crippen LogP contribution >= 0.6 is 23.1 Å². The molecule has 0 amide bonds. The van der Waals surface area contributed by atoms with E-state index in [1.807, 2.05) is 31.2 Å². The normalized spacial score (nSPS) is 12.2. The molecule has 0 saturated carbocycles. The third kappa shape index (κ3) is 4.14. The zero-order valence-electron chi connectivity index (χ0n) is 16.2. The van der Waals surface area contributed by atoms with Crippen LogP contribution in [0.5, 0.6) is 0 Å². The van der Waals surface area contributed by atoms with Gasteiger partial charge in [-0.2, -0.15) is 0 Å². The van der Waals surface area contributed by atoms with Crippen LogP contribution in [0.15, 0.2) is 45.5 Å². The van der Waals surface area contributed by atoms with Gasteiger partial charge < -0.3 is 14.1 Å². The van der Waals surface area contributed by atoms with Gasteiger partial charge in [0.05, 0.1) is 17.9 Å². The van der Waals surface area contributed by atoms with Gasteiger partial charge in [0.2, 0.25) is 0 Å². The topological polar surface area (TPSA) is 111 Å². The molecule has 1 N–H and O–H groups in total. The molecule has 3 aromatic heterocycles. The van der Waals surface area contributed by atoms with E-state index < -0.39 is 11.9 Å². The molecule has 1 atom stereocenters. The maximum Gasteiger partial charge on any atom is 0.323 e. The second kappa shape index (κ2) is 8.80. The number of thiazole rings is 1. The SMILES string of the molecule is CCOC(=O)[C@H](C(=O)CSc1nnc(-c2c[nH]c3ccccc23)o1)c1nc(C)cs1. The van der Waals surface area contributed by atoms with E-state index >= 15 is 0 Å². The molecule has 1 aromatic carbocycles. The number of para-hydroxylation sites is 1. The number of hydrogen-bond donors (Lipinski definition) is 1. The summed E-state index contributed by atoms with van der Waals surface area (Å²) in [6.45, 7) is 3.70. The summed E-state index contributed by atoms with van der Waals surface area (Å²) in [6, 6.07) is 7.79. The molecule has 0 aliphatic rings. The summed E-state index contributed by atoms with van der Waals surface area (Å²) >= 11 is 2.35. The summed E-state index contributed by atoms with van der Waals surface area (Å²) in [6.07, 6.45) is 1.80. The smallest absolute Gasteiger partial charge is 0.323 e. The number of nitrogens with one attached hydrogen (secondary N) is 1. The second-order valence-electron chi connectivity index (χ2n) is 6.39. The van der Waals surface area contributed by atoms with E-state index in [1.165, 1.54) is 11.3 Å². The molecule has 0 radical (unpaired) electrons. The van der Waals surface area contributed by atoms with Crippen LogP contribution in [0.4, 0.5) is 0 Å². The van der Waals surface area contributed by atoms with Gasteiger partial charge in [0.15, 0.2) is 11.7 Å². The van der Waals surface area contributed by atoms with Gasteiger partial charge in [0.1, 0.15) is 5.01 Å². The molecule has 0 spiro atoms. The molecule has 154 valence electrons. The van der Waals surface area contributed by atoms with Gasteiger partial charge >= 0.3 is 5.97 Å². The van der Waals surface area contributed by atoms with Gasteiger partial charge in [-0.1, -0.05) is 30.0 Å². The summed E-state index contributed by atoms with van der Waals surface area (Å²) in [5.41, 5.74) is 2.51. The Kier molecular flexibility index (Phi) is 5.96. The first-order valence-electron chi connectivity index (χ1n) is 9.21. The van der Waals surface area contributed by atoms with Crippen LogP contribution in [0.2, 0.25) is 0 Å². The molecule has 8 nitrogen and oxygen atoms in total. The number of thioether (sulfide) groups is 1. The number of ether oxygens (including phenoxy) is 1. The summed E-state index contributed by atoms with van der Waals surface area (Å²) in [7, 11) is 0. The predicted molar refractivity (Wildman–Crippen MR) is 114 cm³/mol. The van der Waals surface area contributed by atoms with Crippen LogP contribution in [-0.4, -0.2) is 44.3 Å². The van der Waals surface area contributed by atoms with Crippen LogP contribution in [-0.2, 0) is 14.3 Å². The molecule has 0 bridgehead atoms. The van der Waals surface area contributed by atoms with Crippen molar-refractivity contribution in [2.45, 2.75) is 25.0 Å². The first kappa shape index (κ1) is 20.3. The van der Waals surface area contributed by atoms with E-state index in [-0.39, 0.29) is 23.4 Å². The van der Waals surface area contributed by atoms with Crippen molar-refractivity contribution < 1.29 is 18.7 Å². The molecule has 4 aromatic rings. The minimum absolute atomic E-state index is 0.0162. The molecule has 0 saturated heterocycles. The first-order chi connectivity index (χ1) is 14.6. The van der Waals surface area contributed by atoms with E-state index in [4.69, 9.17) is 9.15 Å². The molecule has 0 aliphatic heterocycles. The molecule has 0 aliphatic carbocycles. The highest BCUT2D eigenvalue weighted by Gasteiger charge is 2.32. The lowest BCUT2D eigenvalue weighted by atomic mass is 10.1. The number of aromatic amines is 1. The lowest BCUT2D eigenvalue weighted by Crippen LogP contribution is -2.25. The number of fused-ring (bicyclic) bond motifs is 1. The number of carbonyl (C=O) groups excluding carboxylic acids is 2. The van der Waals surface area contributed by atoms with Crippen molar-refractivity contribution in [3.05, 3.63) is 46.5 Å². The summed E-state index contributed by atoms with van der Waals surface area (Å²) < 4.78 is 10.8. The second-order valence-corrected chi connectivity index (χ2v) is 8.20. The number of benzene rings is 1. The monoisotopic (exact) mass is 442 g/mol. The Morgan fingerprint density at radius 2 is 2.13 bits per heavy atom. The molecule has 4 rings (SSSR count). The van der Waals surface area contributed by atoms with Crippen molar-refractivity contribution in [2.24, 2.45) is 0 Å². The van der Waals surface area contributed by atoms with Crippen molar-refractivity contribution in [1.29, 1.82) is 0 Å². The number of aromatic nitrogens is 4.